The van der Waals surface area contributed by atoms with Crippen LogP contribution in [0.25, 0.3) is 0 Å². The van der Waals surface area contributed by atoms with Crippen molar-refractivity contribution in [1.82, 2.24) is 5.32 Å². The number of ether oxygens (including phenoxy) is 1. The first kappa shape index (κ1) is 8.53. The Bertz CT molecular complexity index is 132. The van der Waals surface area contributed by atoms with E-state index in [-0.39, 0.29) is 5.97 Å². The molecule has 0 spiro atoms. The fourth-order valence-electron chi connectivity index (χ4n) is 1.09. The Kier molecular flexibility index (Phi) is 3.36. The van der Waals surface area contributed by atoms with E-state index in [1.165, 1.54) is 26.4 Å². The number of carbonyl (C=O) groups excluding carboxylic acids is 1. The van der Waals surface area contributed by atoms with Crippen LogP contribution >= 0.6 is 0 Å². The van der Waals surface area contributed by atoms with Gasteiger partial charge in [-0.05, 0) is 12.8 Å². The highest BCUT2D eigenvalue weighted by Crippen LogP contribution is 2.17. The lowest BCUT2D eigenvalue weighted by atomic mass is 9.93. The first-order valence-electron chi connectivity index (χ1n) is 4.13. The predicted molar refractivity (Wildman–Crippen MR) is 42.3 cm³/mol. The fraction of sp³-hybridized carbons (Fsp3) is 0.875. The normalized spacial score (nSPS) is 17.5. The maximum Gasteiger partial charge on any atom is 0.306 e. The standard InChI is InChI=1S/C8H15NO2/c1-11-8(10)5-6-9-7-3-2-4-7/h7,9H,2-6H2,1H3. The van der Waals surface area contributed by atoms with Gasteiger partial charge >= 0.3 is 5.97 Å². The first-order chi connectivity index (χ1) is 5.33. The van der Waals surface area contributed by atoms with E-state index in [2.05, 4.69) is 10.1 Å². The molecule has 0 aromatic heterocycles. The van der Waals surface area contributed by atoms with Crippen LogP contribution in [0.5, 0.6) is 0 Å². The highest BCUT2D eigenvalue weighted by molar-refractivity contribution is 5.69. The van der Waals surface area contributed by atoms with E-state index in [1.54, 1.807) is 0 Å². The average Bonchev–Trinajstić information content (AvgIpc) is 1.94. The zero-order valence-electron chi connectivity index (χ0n) is 6.93. The molecule has 0 atom stereocenters. The number of hydrogen-bond acceptors (Lipinski definition) is 3. The van der Waals surface area contributed by atoms with Crippen molar-refractivity contribution in [1.29, 1.82) is 0 Å². The quantitative estimate of drug-likeness (QED) is 0.610. The summed E-state index contributed by atoms with van der Waals surface area (Å²) in [5.41, 5.74) is 0. The SMILES string of the molecule is COC(=O)CCNC1CCC1. The Hall–Kier alpha value is -0.570. The van der Waals surface area contributed by atoms with Gasteiger partial charge < -0.3 is 10.1 Å². The zero-order valence-corrected chi connectivity index (χ0v) is 6.93. The van der Waals surface area contributed by atoms with Gasteiger partial charge in [-0.25, -0.2) is 0 Å². The van der Waals surface area contributed by atoms with Gasteiger partial charge in [0.25, 0.3) is 0 Å². The maximum absolute atomic E-state index is 10.6. The second-order valence-corrected chi connectivity index (χ2v) is 2.91. The van der Waals surface area contributed by atoms with Crippen molar-refractivity contribution in [2.75, 3.05) is 13.7 Å². The van der Waals surface area contributed by atoms with Gasteiger partial charge in [0.2, 0.25) is 0 Å². The molecule has 1 aliphatic rings. The second-order valence-electron chi connectivity index (χ2n) is 2.91. The molecule has 1 saturated carbocycles. The molecule has 0 saturated heterocycles. The monoisotopic (exact) mass is 157 g/mol. The number of rotatable bonds is 4. The summed E-state index contributed by atoms with van der Waals surface area (Å²) in [7, 11) is 1.42. The predicted octanol–water partition coefficient (Wildman–Crippen LogP) is 0.692. The van der Waals surface area contributed by atoms with Crippen LogP contribution in [-0.4, -0.2) is 25.7 Å². The number of methoxy groups -OCH3 is 1. The number of esters is 1. The lowest BCUT2D eigenvalue weighted by molar-refractivity contribution is -0.140. The fourth-order valence-corrected chi connectivity index (χ4v) is 1.09. The topological polar surface area (TPSA) is 38.3 Å². The van der Waals surface area contributed by atoms with Gasteiger partial charge in [0.1, 0.15) is 0 Å². The van der Waals surface area contributed by atoms with Crippen LogP contribution in [0.2, 0.25) is 0 Å². The lowest BCUT2D eigenvalue weighted by Gasteiger charge is -2.26. The number of carbonyl (C=O) groups is 1. The Morgan fingerprint density at radius 2 is 2.36 bits per heavy atom. The van der Waals surface area contributed by atoms with Crippen molar-refractivity contribution in [3.05, 3.63) is 0 Å². The van der Waals surface area contributed by atoms with E-state index >= 15 is 0 Å². The summed E-state index contributed by atoms with van der Waals surface area (Å²) in [6.45, 7) is 0.761. The van der Waals surface area contributed by atoms with E-state index in [4.69, 9.17) is 0 Å². The molecule has 1 N–H and O–H groups in total. The third kappa shape index (κ3) is 2.89. The summed E-state index contributed by atoms with van der Waals surface area (Å²) in [6.07, 6.45) is 4.35. The third-order valence-corrected chi connectivity index (χ3v) is 2.09. The smallest absolute Gasteiger partial charge is 0.306 e. The molecule has 3 heteroatoms. The summed E-state index contributed by atoms with van der Waals surface area (Å²) in [4.78, 5) is 10.6. The molecule has 0 aromatic rings. The molecule has 11 heavy (non-hydrogen) atoms. The van der Waals surface area contributed by atoms with Crippen LogP contribution in [-0.2, 0) is 9.53 Å². The third-order valence-electron chi connectivity index (χ3n) is 2.09. The van der Waals surface area contributed by atoms with E-state index in [0.717, 1.165) is 6.54 Å². The van der Waals surface area contributed by atoms with Gasteiger partial charge in [0, 0.05) is 12.6 Å². The van der Waals surface area contributed by atoms with Gasteiger partial charge in [-0.15, -0.1) is 0 Å². The Balaban J connectivity index is 1.90. The van der Waals surface area contributed by atoms with Gasteiger partial charge in [0.15, 0.2) is 0 Å². The molecule has 0 aromatic carbocycles. The minimum atomic E-state index is -0.128. The first-order valence-corrected chi connectivity index (χ1v) is 4.13. The molecule has 1 aliphatic carbocycles. The largest absolute Gasteiger partial charge is 0.469 e. The van der Waals surface area contributed by atoms with Crippen molar-refractivity contribution < 1.29 is 9.53 Å². The molecule has 0 amide bonds. The molecule has 0 radical (unpaired) electrons. The van der Waals surface area contributed by atoms with Crippen molar-refractivity contribution in [3.8, 4) is 0 Å². The number of nitrogens with one attached hydrogen (secondary N) is 1. The Morgan fingerprint density at radius 3 is 2.82 bits per heavy atom. The van der Waals surface area contributed by atoms with E-state index in [0.29, 0.717) is 12.5 Å². The molecular formula is C8H15NO2. The van der Waals surface area contributed by atoms with E-state index < -0.39 is 0 Å². The van der Waals surface area contributed by atoms with E-state index in [1.807, 2.05) is 0 Å². The van der Waals surface area contributed by atoms with Crippen molar-refractivity contribution >= 4 is 5.97 Å². The molecule has 1 fully saturated rings. The van der Waals surface area contributed by atoms with Crippen LogP contribution < -0.4 is 5.32 Å². The zero-order chi connectivity index (χ0) is 8.10. The van der Waals surface area contributed by atoms with Gasteiger partial charge in [-0.1, -0.05) is 6.42 Å². The summed E-state index contributed by atoms with van der Waals surface area (Å²) >= 11 is 0. The molecule has 1 rings (SSSR count). The van der Waals surface area contributed by atoms with Gasteiger partial charge in [-0.3, -0.25) is 4.79 Å². The van der Waals surface area contributed by atoms with Crippen LogP contribution in [0.3, 0.4) is 0 Å². The number of hydrogen-bond donors (Lipinski definition) is 1. The summed E-state index contributed by atoms with van der Waals surface area (Å²) < 4.78 is 4.50. The van der Waals surface area contributed by atoms with Crippen LogP contribution in [0.1, 0.15) is 25.7 Å². The summed E-state index contributed by atoms with van der Waals surface area (Å²) in [6, 6.07) is 0.666. The van der Waals surface area contributed by atoms with Crippen molar-refractivity contribution in [3.63, 3.8) is 0 Å². The minimum absolute atomic E-state index is 0.128. The highest BCUT2D eigenvalue weighted by Gasteiger charge is 2.16. The molecular weight excluding hydrogens is 142 g/mol. The summed E-state index contributed by atoms with van der Waals surface area (Å²) in [5, 5.41) is 3.28. The maximum atomic E-state index is 10.6. The van der Waals surface area contributed by atoms with Crippen LogP contribution in [0.4, 0.5) is 0 Å². The molecule has 0 aliphatic heterocycles. The molecule has 64 valence electrons. The molecule has 0 unspecified atom stereocenters. The van der Waals surface area contributed by atoms with Crippen molar-refractivity contribution in [2.45, 2.75) is 31.7 Å². The Labute approximate surface area is 67.1 Å². The average molecular weight is 157 g/mol. The molecule has 0 heterocycles. The Morgan fingerprint density at radius 1 is 1.64 bits per heavy atom. The van der Waals surface area contributed by atoms with Gasteiger partial charge in [-0.2, -0.15) is 0 Å². The molecule has 0 bridgehead atoms. The minimum Gasteiger partial charge on any atom is -0.469 e. The summed E-state index contributed by atoms with van der Waals surface area (Å²) in [5.74, 6) is -0.128. The highest BCUT2D eigenvalue weighted by atomic mass is 16.5. The van der Waals surface area contributed by atoms with Crippen molar-refractivity contribution in [2.24, 2.45) is 0 Å². The van der Waals surface area contributed by atoms with Crippen LogP contribution in [0.15, 0.2) is 0 Å². The lowest BCUT2D eigenvalue weighted by Crippen LogP contribution is -2.36. The second kappa shape index (κ2) is 4.34. The van der Waals surface area contributed by atoms with E-state index in [9.17, 15) is 4.79 Å². The van der Waals surface area contributed by atoms with Crippen LogP contribution in [0, 0.1) is 0 Å². The molecule has 3 nitrogen and oxygen atoms in total. The van der Waals surface area contributed by atoms with Gasteiger partial charge in [0.05, 0.1) is 13.5 Å².